The van der Waals surface area contributed by atoms with Crippen molar-refractivity contribution < 1.29 is 170 Å². The van der Waals surface area contributed by atoms with Crippen molar-refractivity contribution >= 4 is 136 Å². The Kier molecular flexibility index (Phi) is 30.0. The normalized spacial score (nSPS) is 11.2. The molecule has 6 rings (SSSR count). The molecule has 23 nitrogen and oxygen atoms in total. The van der Waals surface area contributed by atoms with Gasteiger partial charge in [-0.2, -0.15) is 4.33 Å². The third kappa shape index (κ3) is 19.7. The number of nitrogens with zero attached hydrogens (tertiary/aromatic N) is 6. The SMILES string of the molecule is NC(=O)c1cc[n+](-c2nc(Nc3ccc(S(=O)(=O)CCOSOO[O-])cc3)nc(Nc3ccc4c(O)c(N=Nc5ccccc5S(=O)(=O)[O-])c(SOO[O-])cc4c3)n2)cc1.[B]I(C)I.[Cl-].[Na+].[Na+].[Na+]. The molecule has 0 saturated carbocycles. The van der Waals surface area contributed by atoms with Crippen LogP contribution in [0.4, 0.5) is 34.6 Å². The molecule has 34 heteroatoms. The number of carbonyl (C=O) groups excluding carboxylic acids is 1. The molecule has 344 valence electrons. The van der Waals surface area contributed by atoms with E-state index in [1.54, 1.807) is 12.1 Å². The van der Waals surface area contributed by atoms with Crippen LogP contribution < -0.4 is 133 Å². The predicted molar refractivity (Wildman–Crippen MR) is 243 cm³/mol. The molecule has 0 atom stereocenters. The Bertz CT molecular complexity index is 2860. The molecular weight excluding hydrogens is 1260 g/mol. The number of fused-ring (bicyclic) bond motifs is 1. The molecule has 0 aliphatic heterocycles. The Labute approximate surface area is 487 Å². The second-order valence-electron chi connectivity index (χ2n) is 12.1. The van der Waals surface area contributed by atoms with Gasteiger partial charge in [0, 0.05) is 22.3 Å². The van der Waals surface area contributed by atoms with Crippen LogP contribution in [0.2, 0.25) is 0 Å². The Morgan fingerprint density at radius 2 is 1.49 bits per heavy atom. The van der Waals surface area contributed by atoms with Gasteiger partial charge in [0.1, 0.15) is 21.5 Å². The van der Waals surface area contributed by atoms with Crippen molar-refractivity contribution in [3.63, 3.8) is 0 Å². The van der Waals surface area contributed by atoms with Gasteiger partial charge >= 0.3 is 151 Å². The van der Waals surface area contributed by atoms with Crippen LogP contribution in [0.25, 0.3) is 16.7 Å². The second-order valence-corrected chi connectivity index (χ2v) is 27.9. The van der Waals surface area contributed by atoms with Gasteiger partial charge in [-0.15, -0.1) is 19.5 Å². The van der Waals surface area contributed by atoms with Gasteiger partial charge in [0.05, 0.1) is 51.5 Å². The molecule has 2 heterocycles. The number of aromatic nitrogens is 4. The summed E-state index contributed by atoms with van der Waals surface area (Å²) in [6, 6.07) is 19.6. The number of pyridine rings is 1. The number of rotatable bonds is 19. The van der Waals surface area contributed by atoms with Crippen molar-refractivity contribution in [3.8, 4) is 11.7 Å². The van der Waals surface area contributed by atoms with Gasteiger partial charge < -0.3 is 48.9 Å². The Balaban J connectivity index is 0.00000278. The fourth-order valence-corrected chi connectivity index (χ4v) is 7.65. The molecule has 5 N–H and O–H groups in total. The van der Waals surface area contributed by atoms with Crippen molar-refractivity contribution in [1.29, 1.82) is 0 Å². The molecule has 1 amide bonds. The Morgan fingerprint density at radius 3 is 2.07 bits per heavy atom. The van der Waals surface area contributed by atoms with E-state index in [4.69, 9.17) is 15.6 Å². The summed E-state index contributed by atoms with van der Waals surface area (Å²) in [7, 11) is -8.72. The van der Waals surface area contributed by atoms with Gasteiger partial charge in [-0.05, 0) is 88.2 Å². The minimum absolute atomic E-state index is 0. The zero-order valence-corrected chi connectivity index (χ0v) is 49.8. The minimum Gasteiger partial charge on any atom is -1.00 e. The maximum absolute atomic E-state index is 12.7. The third-order valence-corrected chi connectivity index (χ3v) is 11.4. The number of nitrogens with one attached hydrogen (secondary N) is 2. The number of carbonyl (C=O) groups is 1. The molecule has 4 aromatic carbocycles. The van der Waals surface area contributed by atoms with Crippen molar-refractivity contribution in [1.82, 2.24) is 15.0 Å². The number of nitrogens with two attached hydrogens (primary N) is 1. The van der Waals surface area contributed by atoms with E-state index in [-0.39, 0.29) is 170 Å². The number of alkyl halides is 1. The van der Waals surface area contributed by atoms with Gasteiger partial charge in [-0.1, -0.05) is 12.1 Å². The Hall–Kier alpha value is -1.14. The molecule has 2 radical (unpaired) electrons. The van der Waals surface area contributed by atoms with Crippen molar-refractivity contribution in [2.24, 2.45) is 16.0 Å². The average Bonchev–Trinajstić information content (AvgIpc) is 3.25. The van der Waals surface area contributed by atoms with E-state index in [1.165, 1.54) is 83.7 Å². The largest absolute Gasteiger partial charge is 1.00 e. The number of halogens is 3. The number of amides is 1. The number of azo groups is 1. The van der Waals surface area contributed by atoms with Crippen LogP contribution in [0.15, 0.2) is 122 Å². The number of aromatic hydroxyl groups is 1. The van der Waals surface area contributed by atoms with Crippen LogP contribution in [-0.2, 0) is 42.9 Å². The first-order valence-corrected chi connectivity index (χ1v) is 31.2. The molecule has 0 fully saturated rings. The summed E-state index contributed by atoms with van der Waals surface area (Å²) in [6.45, 7) is -0.302. The fourth-order valence-electron chi connectivity index (χ4n) is 5.14. The number of sulfone groups is 1. The van der Waals surface area contributed by atoms with E-state index in [0.29, 0.717) is 28.8 Å². The molecule has 0 aliphatic rings. The number of hydrogen-bond acceptors (Lipinski definition) is 23. The standard InChI is InChI=1S/C33H27N9O14S4.CH3BI2.ClH.3Na/c34-30(44)19-11-13-42(14-12-19)33-38-31(35-21-5-8-23(9-6-21)59(47,48)16-15-52-58-56-54-46)37-32(39-33)36-22-7-10-24-20(17-22)18-26(57-55-53-45)28(29(24)43)41-40-25-3-1-2-4-27(25)60(49,50)51;1-4(2)3;;;;/h1-14,17-18H,15-16H2,(H7-,34,35,36,37,38,39,43,44,45,46,49,50,51);1H3;1H;;;/q;;;3*+1/p-3. The number of benzene rings is 4. The first-order chi connectivity index (χ1) is 30.5. The van der Waals surface area contributed by atoms with Crippen molar-refractivity contribution in [2.75, 3.05) is 27.9 Å². The first-order valence-electron chi connectivity index (χ1n) is 17.1. The van der Waals surface area contributed by atoms with Crippen LogP contribution >= 0.6 is 58.6 Å². The zero-order valence-electron chi connectivity index (χ0n) is 35.5. The van der Waals surface area contributed by atoms with Crippen molar-refractivity contribution in [2.45, 2.75) is 14.7 Å². The molecular formula is C34H28BClI2N9Na3O14S4. The topological polar surface area (TPSA) is 338 Å². The van der Waals surface area contributed by atoms with Gasteiger partial charge in [0.25, 0.3) is 0 Å². The number of phenolic OH excluding ortho intramolecular Hbond substituents is 1. The third-order valence-electron chi connectivity index (χ3n) is 7.83. The number of hydrogen-bond donors (Lipinski definition) is 4. The average molecular weight is 1280 g/mol. The van der Waals surface area contributed by atoms with Crippen LogP contribution in [0.1, 0.15) is 10.4 Å². The molecule has 0 aliphatic carbocycles. The van der Waals surface area contributed by atoms with E-state index >= 15 is 0 Å². The molecule has 0 unspecified atom stereocenters. The number of phenols is 1. The molecule has 68 heavy (non-hydrogen) atoms. The summed E-state index contributed by atoms with van der Waals surface area (Å²) in [5, 5.41) is 52.9. The monoisotopic (exact) mass is 1280 g/mol. The Morgan fingerprint density at radius 1 is 0.897 bits per heavy atom. The summed E-state index contributed by atoms with van der Waals surface area (Å²) < 4.78 is 75.4. The maximum atomic E-state index is 12.7. The summed E-state index contributed by atoms with van der Waals surface area (Å²) in [5.41, 5.74) is 11.0. The van der Waals surface area contributed by atoms with E-state index in [2.05, 4.69) is 78.1 Å². The smallest absolute Gasteiger partial charge is 1.00 e. The predicted octanol–water partition coefficient (Wildman–Crippen LogP) is -7.71. The first kappa shape index (κ1) is 64.9. The van der Waals surface area contributed by atoms with Crippen LogP contribution in [0, 0.1) is 0 Å². The molecule has 0 bridgehead atoms. The van der Waals surface area contributed by atoms with Gasteiger partial charge in [0.2, 0.25) is 5.91 Å². The maximum Gasteiger partial charge on any atom is 1.00 e. The van der Waals surface area contributed by atoms with Crippen LogP contribution in [0.5, 0.6) is 5.75 Å². The van der Waals surface area contributed by atoms with Gasteiger partial charge in [0.15, 0.2) is 27.9 Å². The van der Waals surface area contributed by atoms with Crippen LogP contribution in [0.3, 0.4) is 0 Å². The van der Waals surface area contributed by atoms with Gasteiger partial charge in [-0.3, -0.25) is 19.1 Å². The molecule has 0 saturated heterocycles. The molecule has 0 spiro atoms. The summed E-state index contributed by atoms with van der Waals surface area (Å²) in [4.78, 5) is 26.5. The molecule has 6 aromatic rings. The fraction of sp³-hybridized carbons (Fsp3) is 0.0882. The number of primary amides is 1. The number of anilines is 4. The zero-order chi connectivity index (χ0) is 46.4. The quantitative estimate of drug-likeness (QED) is 0.00559. The van der Waals surface area contributed by atoms with E-state index in [1.807, 2.05) is 0 Å². The van der Waals surface area contributed by atoms with E-state index in [9.17, 15) is 41.8 Å². The molecule has 2 aromatic heterocycles. The van der Waals surface area contributed by atoms with Crippen LogP contribution in [-0.4, -0.2) is 70.3 Å². The summed E-state index contributed by atoms with van der Waals surface area (Å²) in [5.74, 6) is -1.52. The van der Waals surface area contributed by atoms with Crippen molar-refractivity contribution in [3.05, 3.63) is 103 Å². The summed E-state index contributed by atoms with van der Waals surface area (Å²) in [6.07, 6.45) is 2.98. The van der Waals surface area contributed by atoms with E-state index < -0.39 is 57.9 Å². The minimum atomic E-state index is -4.93. The summed E-state index contributed by atoms with van der Waals surface area (Å²) >= 11 is 2.04. The van der Waals surface area contributed by atoms with E-state index in [0.717, 1.165) is 6.07 Å². The second kappa shape index (κ2) is 31.5. The van der Waals surface area contributed by atoms with Gasteiger partial charge in [-0.25, -0.2) is 21.4 Å².